The van der Waals surface area contributed by atoms with Gasteiger partial charge in [-0.15, -0.1) is 0 Å². The minimum absolute atomic E-state index is 0.119. The van der Waals surface area contributed by atoms with Crippen molar-refractivity contribution in [1.29, 1.82) is 0 Å². The molecule has 2 rings (SSSR count). The van der Waals surface area contributed by atoms with Gasteiger partial charge in [-0.1, -0.05) is 36.9 Å². The summed E-state index contributed by atoms with van der Waals surface area (Å²) in [4.78, 5) is 24.0. The third kappa shape index (κ3) is 7.73. The van der Waals surface area contributed by atoms with Gasteiger partial charge in [0.25, 0.3) is 0 Å². The Kier molecular flexibility index (Phi) is 9.67. The average molecular weight is 423 g/mol. The first-order valence-electron chi connectivity index (χ1n) is 8.98. The summed E-state index contributed by atoms with van der Waals surface area (Å²) in [7, 11) is 0. The Labute approximate surface area is 174 Å². The molecule has 0 radical (unpaired) electrons. The third-order valence-electron chi connectivity index (χ3n) is 3.80. The fraction of sp³-hybridized carbons (Fsp3) is 0.429. The van der Waals surface area contributed by atoms with Crippen molar-refractivity contribution < 1.29 is 23.8 Å². The summed E-state index contributed by atoms with van der Waals surface area (Å²) in [5.74, 6) is 2.57. The van der Waals surface area contributed by atoms with Gasteiger partial charge in [0.05, 0.1) is 18.8 Å². The SMILES string of the molecule is C=C1CSCC(OC(=O)c2ccccc2COCCOC(=O)C(=C)C)CSC1. The smallest absolute Gasteiger partial charge is 0.338 e. The molecule has 1 aromatic carbocycles. The second-order valence-electron chi connectivity index (χ2n) is 6.43. The minimum Gasteiger partial charge on any atom is -0.460 e. The van der Waals surface area contributed by atoms with Crippen LogP contribution in [-0.2, 0) is 25.6 Å². The van der Waals surface area contributed by atoms with Gasteiger partial charge < -0.3 is 14.2 Å². The van der Waals surface area contributed by atoms with E-state index in [1.807, 2.05) is 12.1 Å². The molecular formula is C21H26O5S2. The highest BCUT2D eigenvalue weighted by Crippen LogP contribution is 2.22. The van der Waals surface area contributed by atoms with Crippen LogP contribution in [0.15, 0.2) is 48.6 Å². The van der Waals surface area contributed by atoms with Crippen LogP contribution in [0.5, 0.6) is 0 Å². The molecule has 28 heavy (non-hydrogen) atoms. The molecule has 0 N–H and O–H groups in total. The first-order chi connectivity index (χ1) is 13.5. The Morgan fingerprint density at radius 2 is 1.82 bits per heavy atom. The van der Waals surface area contributed by atoms with Crippen LogP contribution in [0.2, 0.25) is 0 Å². The zero-order chi connectivity index (χ0) is 20.4. The molecule has 1 aromatic rings. The Balaban J connectivity index is 1.84. The van der Waals surface area contributed by atoms with E-state index in [1.165, 1.54) is 5.57 Å². The number of carbonyl (C=O) groups is 2. The van der Waals surface area contributed by atoms with E-state index >= 15 is 0 Å². The van der Waals surface area contributed by atoms with Crippen molar-refractivity contribution in [2.45, 2.75) is 19.6 Å². The first-order valence-corrected chi connectivity index (χ1v) is 11.3. The Morgan fingerprint density at radius 1 is 1.14 bits per heavy atom. The maximum Gasteiger partial charge on any atom is 0.338 e. The van der Waals surface area contributed by atoms with Crippen molar-refractivity contribution in [1.82, 2.24) is 0 Å². The van der Waals surface area contributed by atoms with Gasteiger partial charge in [-0.25, -0.2) is 9.59 Å². The second-order valence-corrected chi connectivity index (χ2v) is 8.49. The lowest BCUT2D eigenvalue weighted by molar-refractivity contribution is -0.140. The van der Waals surface area contributed by atoms with E-state index in [1.54, 1.807) is 42.6 Å². The summed E-state index contributed by atoms with van der Waals surface area (Å²) in [6.45, 7) is 9.76. The molecule has 0 atom stereocenters. The van der Waals surface area contributed by atoms with Crippen molar-refractivity contribution in [2.24, 2.45) is 0 Å². The second kappa shape index (κ2) is 12.0. The summed E-state index contributed by atoms with van der Waals surface area (Å²) < 4.78 is 16.3. The van der Waals surface area contributed by atoms with Crippen molar-refractivity contribution in [3.63, 3.8) is 0 Å². The van der Waals surface area contributed by atoms with Gasteiger partial charge in [0, 0.05) is 28.6 Å². The van der Waals surface area contributed by atoms with Crippen LogP contribution in [0, 0.1) is 0 Å². The van der Waals surface area contributed by atoms with Gasteiger partial charge in [-0.05, 0) is 18.6 Å². The number of benzene rings is 1. The van der Waals surface area contributed by atoms with Crippen LogP contribution in [0.25, 0.3) is 0 Å². The van der Waals surface area contributed by atoms with Gasteiger partial charge >= 0.3 is 11.9 Å². The minimum atomic E-state index is -0.439. The molecule has 1 aliphatic heterocycles. The molecule has 0 unspecified atom stereocenters. The van der Waals surface area contributed by atoms with Crippen LogP contribution in [0.3, 0.4) is 0 Å². The molecule has 0 aliphatic carbocycles. The Morgan fingerprint density at radius 3 is 2.50 bits per heavy atom. The number of thioether (sulfide) groups is 2. The topological polar surface area (TPSA) is 61.8 Å². The van der Waals surface area contributed by atoms with E-state index in [2.05, 4.69) is 13.2 Å². The van der Waals surface area contributed by atoms with Crippen LogP contribution in [0.1, 0.15) is 22.8 Å². The van der Waals surface area contributed by atoms with Gasteiger partial charge in [0.1, 0.15) is 12.7 Å². The molecule has 1 aliphatic rings. The van der Waals surface area contributed by atoms with Crippen LogP contribution in [0.4, 0.5) is 0 Å². The fourth-order valence-electron chi connectivity index (χ4n) is 2.39. The van der Waals surface area contributed by atoms with Crippen molar-refractivity contribution in [3.8, 4) is 0 Å². The summed E-state index contributed by atoms with van der Waals surface area (Å²) in [6, 6.07) is 7.24. The molecule has 1 saturated heterocycles. The number of rotatable bonds is 8. The molecule has 1 heterocycles. The van der Waals surface area contributed by atoms with Crippen molar-refractivity contribution >= 4 is 35.5 Å². The maximum absolute atomic E-state index is 12.7. The van der Waals surface area contributed by atoms with E-state index in [9.17, 15) is 9.59 Å². The number of ether oxygens (including phenoxy) is 3. The van der Waals surface area contributed by atoms with Crippen LogP contribution < -0.4 is 0 Å². The van der Waals surface area contributed by atoms with E-state index in [4.69, 9.17) is 14.2 Å². The third-order valence-corrected chi connectivity index (χ3v) is 6.24. The zero-order valence-corrected chi connectivity index (χ0v) is 17.7. The summed E-state index contributed by atoms with van der Waals surface area (Å²) in [5.41, 5.74) is 2.82. The van der Waals surface area contributed by atoms with E-state index in [-0.39, 0.29) is 31.9 Å². The van der Waals surface area contributed by atoms with Gasteiger partial charge in [0.2, 0.25) is 0 Å². The number of hydrogen-bond acceptors (Lipinski definition) is 7. The fourth-order valence-corrected chi connectivity index (χ4v) is 4.58. The summed E-state index contributed by atoms with van der Waals surface area (Å²) >= 11 is 3.50. The molecule has 1 fully saturated rings. The van der Waals surface area contributed by atoms with E-state index in [0.717, 1.165) is 28.6 Å². The van der Waals surface area contributed by atoms with Crippen molar-refractivity contribution in [2.75, 3.05) is 36.2 Å². The highest BCUT2D eigenvalue weighted by molar-refractivity contribution is 8.01. The molecule has 0 spiro atoms. The number of carbonyl (C=O) groups excluding carboxylic acids is 2. The van der Waals surface area contributed by atoms with Gasteiger partial charge in [-0.3, -0.25) is 0 Å². The predicted octanol–water partition coefficient (Wildman–Crippen LogP) is 3.88. The molecule has 0 saturated carbocycles. The average Bonchev–Trinajstić information content (AvgIpc) is 2.65. The lowest BCUT2D eigenvalue weighted by atomic mass is 10.1. The lowest BCUT2D eigenvalue weighted by Gasteiger charge is -2.21. The quantitative estimate of drug-likeness (QED) is 0.273. The highest BCUT2D eigenvalue weighted by atomic mass is 32.2. The van der Waals surface area contributed by atoms with Crippen molar-refractivity contribution in [3.05, 3.63) is 59.7 Å². The first kappa shape index (κ1) is 22.6. The molecular weight excluding hydrogens is 396 g/mol. The normalized spacial score (nSPS) is 15.4. The molecule has 152 valence electrons. The predicted molar refractivity (Wildman–Crippen MR) is 115 cm³/mol. The van der Waals surface area contributed by atoms with E-state index < -0.39 is 5.97 Å². The maximum atomic E-state index is 12.7. The van der Waals surface area contributed by atoms with E-state index in [0.29, 0.717) is 11.1 Å². The lowest BCUT2D eigenvalue weighted by Crippen LogP contribution is -2.25. The molecule has 0 bridgehead atoms. The zero-order valence-electron chi connectivity index (χ0n) is 16.1. The standard InChI is InChI=1S/C21H26O5S2/c1-15(2)20(22)25-9-8-24-10-17-6-4-5-7-19(17)21(23)26-18-13-27-11-16(3)12-28-14-18/h4-7,18H,1,3,8-14H2,2H3. The number of esters is 2. The summed E-state index contributed by atoms with van der Waals surface area (Å²) in [6.07, 6.45) is -0.119. The monoisotopic (exact) mass is 422 g/mol. The highest BCUT2D eigenvalue weighted by Gasteiger charge is 2.20. The molecule has 5 nitrogen and oxygen atoms in total. The largest absolute Gasteiger partial charge is 0.460 e. The molecule has 0 amide bonds. The Bertz CT molecular complexity index is 705. The molecule has 0 aromatic heterocycles. The summed E-state index contributed by atoms with van der Waals surface area (Å²) in [5, 5.41) is 0. The number of hydrogen-bond donors (Lipinski definition) is 0. The Hall–Kier alpha value is -1.70. The molecule has 7 heteroatoms. The van der Waals surface area contributed by atoms with Gasteiger partial charge in [0.15, 0.2) is 0 Å². The van der Waals surface area contributed by atoms with Crippen LogP contribution in [-0.4, -0.2) is 54.3 Å². The van der Waals surface area contributed by atoms with Crippen LogP contribution >= 0.6 is 23.5 Å². The van der Waals surface area contributed by atoms with Gasteiger partial charge in [-0.2, -0.15) is 23.5 Å².